The number of nitrogens with zero attached hydrogens (tertiary/aromatic N) is 2. The first kappa shape index (κ1) is 21.1. The Kier molecular flexibility index (Phi) is 6.50. The van der Waals surface area contributed by atoms with Gasteiger partial charge in [-0.3, -0.25) is 30.0 Å². The fourth-order valence-electron chi connectivity index (χ4n) is 2.73. The van der Waals surface area contributed by atoms with Crippen LogP contribution in [-0.2, 0) is 9.59 Å². The summed E-state index contributed by atoms with van der Waals surface area (Å²) < 4.78 is 1.23. The average molecular weight is 387 g/mol. The van der Waals surface area contributed by atoms with E-state index in [1.165, 1.54) is 11.6 Å². The third-order valence-electron chi connectivity index (χ3n) is 4.14. The molecule has 0 aliphatic rings. The van der Waals surface area contributed by atoms with Gasteiger partial charge in [-0.15, -0.1) is 0 Å². The molecule has 9 nitrogen and oxygen atoms in total. The summed E-state index contributed by atoms with van der Waals surface area (Å²) in [4.78, 5) is 48.8. The van der Waals surface area contributed by atoms with Crippen LogP contribution in [0.2, 0.25) is 0 Å². The van der Waals surface area contributed by atoms with Gasteiger partial charge in [0.2, 0.25) is 5.91 Å². The molecule has 0 saturated heterocycles. The number of hydrogen-bond acceptors (Lipinski definition) is 5. The van der Waals surface area contributed by atoms with Gasteiger partial charge in [0.05, 0.1) is 11.4 Å². The van der Waals surface area contributed by atoms with E-state index in [4.69, 9.17) is 0 Å². The molecular weight excluding hydrogens is 362 g/mol. The van der Waals surface area contributed by atoms with Crippen LogP contribution in [-0.4, -0.2) is 33.5 Å². The number of fused-ring (bicyclic) bond motifs is 1. The molecule has 0 fully saturated rings. The van der Waals surface area contributed by atoms with E-state index in [2.05, 4.69) is 21.3 Å². The van der Waals surface area contributed by atoms with Gasteiger partial charge >= 0.3 is 0 Å². The average Bonchev–Trinajstić information content (AvgIpc) is 2.63. The molecule has 2 aromatic rings. The van der Waals surface area contributed by atoms with Crippen LogP contribution in [0.1, 0.15) is 51.1 Å². The van der Waals surface area contributed by atoms with Crippen LogP contribution < -0.4 is 21.7 Å². The predicted octanol–water partition coefficient (Wildman–Crippen LogP) is 0.899. The molecular formula is C19H25N5O4. The third kappa shape index (κ3) is 4.54. The number of nitrogens with one attached hydrogen (secondary N) is 3. The molecule has 0 bridgehead atoms. The van der Waals surface area contributed by atoms with Crippen LogP contribution in [0.15, 0.2) is 29.1 Å². The Balaban J connectivity index is 2.31. The second kappa shape index (κ2) is 8.64. The number of rotatable bonds is 5. The van der Waals surface area contributed by atoms with Crippen molar-refractivity contribution in [1.82, 2.24) is 25.9 Å². The number of hydrogen-bond donors (Lipinski definition) is 3. The number of aromatic nitrogens is 2. The Morgan fingerprint density at radius 3 is 2.14 bits per heavy atom. The summed E-state index contributed by atoms with van der Waals surface area (Å²) in [6.07, 6.45) is 0. The maximum Gasteiger partial charge on any atom is 0.290 e. The Morgan fingerprint density at radius 1 is 1.00 bits per heavy atom. The van der Waals surface area contributed by atoms with E-state index in [0.717, 1.165) is 0 Å². The van der Waals surface area contributed by atoms with Gasteiger partial charge in [0.1, 0.15) is 6.04 Å². The zero-order valence-corrected chi connectivity index (χ0v) is 16.6. The summed E-state index contributed by atoms with van der Waals surface area (Å²) in [6.45, 7) is 8.43. The van der Waals surface area contributed by atoms with Gasteiger partial charge in [0.15, 0.2) is 5.69 Å². The predicted molar refractivity (Wildman–Crippen MR) is 104 cm³/mol. The maximum atomic E-state index is 12.7. The lowest BCUT2D eigenvalue weighted by atomic mass is 10.0. The number of carbonyl (C=O) groups excluding carboxylic acids is 3. The zero-order chi connectivity index (χ0) is 21.0. The Hall–Kier alpha value is -3.23. The van der Waals surface area contributed by atoms with Crippen molar-refractivity contribution in [2.75, 3.05) is 0 Å². The van der Waals surface area contributed by atoms with Crippen molar-refractivity contribution in [3.63, 3.8) is 0 Å². The SMILES string of the molecule is CC(=O)N[C@@H](C(=O)NNC(=O)c1nn(C(C)C)c(=O)c2ccccc12)C(C)C. The van der Waals surface area contributed by atoms with Gasteiger partial charge in [0, 0.05) is 12.3 Å². The maximum absolute atomic E-state index is 12.7. The molecule has 0 unspecified atom stereocenters. The second-order valence-electron chi connectivity index (χ2n) is 7.10. The molecule has 28 heavy (non-hydrogen) atoms. The summed E-state index contributed by atoms with van der Waals surface area (Å²) in [5, 5.41) is 7.47. The molecule has 0 spiro atoms. The molecule has 1 aromatic heterocycles. The summed E-state index contributed by atoms with van der Waals surface area (Å²) in [5.74, 6) is -1.75. The third-order valence-corrected chi connectivity index (χ3v) is 4.14. The lowest BCUT2D eigenvalue weighted by molar-refractivity contribution is -0.129. The van der Waals surface area contributed by atoms with Gasteiger partial charge in [-0.1, -0.05) is 32.0 Å². The van der Waals surface area contributed by atoms with E-state index in [0.29, 0.717) is 10.8 Å². The first-order valence-corrected chi connectivity index (χ1v) is 9.02. The van der Waals surface area contributed by atoms with E-state index < -0.39 is 17.9 Å². The molecule has 1 aromatic carbocycles. The number of benzene rings is 1. The van der Waals surface area contributed by atoms with Gasteiger partial charge in [-0.05, 0) is 25.8 Å². The molecule has 3 amide bonds. The number of amides is 3. The van der Waals surface area contributed by atoms with Gasteiger partial charge in [-0.25, -0.2) is 4.68 Å². The largest absolute Gasteiger partial charge is 0.344 e. The van der Waals surface area contributed by atoms with E-state index >= 15 is 0 Å². The Labute approximate surface area is 162 Å². The molecule has 1 heterocycles. The van der Waals surface area contributed by atoms with Gasteiger partial charge in [0.25, 0.3) is 17.4 Å². The van der Waals surface area contributed by atoms with Gasteiger partial charge < -0.3 is 5.32 Å². The second-order valence-corrected chi connectivity index (χ2v) is 7.10. The van der Waals surface area contributed by atoms with Gasteiger partial charge in [-0.2, -0.15) is 5.10 Å². The van der Waals surface area contributed by atoms with E-state index in [1.807, 2.05) is 0 Å². The van der Waals surface area contributed by atoms with Crippen LogP contribution >= 0.6 is 0 Å². The summed E-state index contributed by atoms with van der Waals surface area (Å²) >= 11 is 0. The highest BCUT2D eigenvalue weighted by Gasteiger charge is 2.24. The quantitative estimate of drug-likeness (QED) is 0.658. The minimum Gasteiger partial charge on any atom is -0.344 e. The standard InChI is InChI=1S/C19H25N5O4/c1-10(2)15(20-12(5)25)17(26)21-22-18(27)16-13-8-6-7-9-14(13)19(28)24(23-16)11(3)4/h6-11,15H,1-5H3,(H,20,25)(H,21,26)(H,22,27)/t15-/m1/s1. The number of carbonyl (C=O) groups is 3. The fraction of sp³-hybridized carbons (Fsp3) is 0.421. The lowest BCUT2D eigenvalue weighted by Crippen LogP contribution is -2.54. The Morgan fingerprint density at radius 2 is 1.61 bits per heavy atom. The smallest absolute Gasteiger partial charge is 0.290 e. The minimum atomic E-state index is -0.799. The highest BCUT2D eigenvalue weighted by molar-refractivity contribution is 6.05. The van der Waals surface area contributed by atoms with Crippen molar-refractivity contribution in [1.29, 1.82) is 0 Å². The van der Waals surface area contributed by atoms with Crippen molar-refractivity contribution in [3.8, 4) is 0 Å². The van der Waals surface area contributed by atoms with Crippen molar-refractivity contribution in [2.45, 2.75) is 46.7 Å². The van der Waals surface area contributed by atoms with E-state index in [9.17, 15) is 19.2 Å². The van der Waals surface area contributed by atoms with Crippen LogP contribution in [0.25, 0.3) is 10.8 Å². The van der Waals surface area contributed by atoms with E-state index in [-0.39, 0.29) is 29.1 Å². The lowest BCUT2D eigenvalue weighted by Gasteiger charge is -2.21. The summed E-state index contributed by atoms with van der Waals surface area (Å²) in [7, 11) is 0. The monoisotopic (exact) mass is 387 g/mol. The van der Waals surface area contributed by atoms with Crippen LogP contribution in [0.5, 0.6) is 0 Å². The topological polar surface area (TPSA) is 122 Å². The molecule has 2 rings (SSSR count). The van der Waals surface area contributed by atoms with Crippen LogP contribution in [0, 0.1) is 5.92 Å². The Bertz CT molecular complexity index is 964. The molecule has 0 aliphatic heterocycles. The molecule has 0 radical (unpaired) electrons. The summed E-state index contributed by atoms with van der Waals surface area (Å²) in [6, 6.07) is 5.61. The molecule has 150 valence electrons. The molecule has 0 aliphatic carbocycles. The molecule has 1 atom stereocenters. The normalized spacial score (nSPS) is 12.1. The van der Waals surface area contributed by atoms with E-state index in [1.54, 1.807) is 52.0 Å². The first-order chi connectivity index (χ1) is 13.1. The van der Waals surface area contributed by atoms with Crippen LogP contribution in [0.3, 0.4) is 0 Å². The van der Waals surface area contributed by atoms with Crippen molar-refractivity contribution < 1.29 is 14.4 Å². The minimum absolute atomic E-state index is 0.0184. The highest BCUT2D eigenvalue weighted by atomic mass is 16.2. The molecule has 3 N–H and O–H groups in total. The number of hydrazine groups is 1. The first-order valence-electron chi connectivity index (χ1n) is 9.02. The van der Waals surface area contributed by atoms with Crippen molar-refractivity contribution >= 4 is 28.5 Å². The van der Waals surface area contributed by atoms with Crippen molar-refractivity contribution in [3.05, 3.63) is 40.3 Å². The molecule has 0 saturated carbocycles. The fourth-order valence-corrected chi connectivity index (χ4v) is 2.73. The van der Waals surface area contributed by atoms with Crippen LogP contribution in [0.4, 0.5) is 0 Å². The summed E-state index contributed by atoms with van der Waals surface area (Å²) in [5.41, 5.74) is 4.36. The highest BCUT2D eigenvalue weighted by Crippen LogP contribution is 2.14. The van der Waals surface area contributed by atoms with Crippen molar-refractivity contribution in [2.24, 2.45) is 5.92 Å². The zero-order valence-electron chi connectivity index (χ0n) is 16.6. The molecule has 9 heteroatoms.